The van der Waals surface area contributed by atoms with Gasteiger partial charge >= 0.3 is 5.97 Å². The molecule has 1 heterocycles. The number of aromatic nitrogens is 2. The lowest BCUT2D eigenvalue weighted by Crippen LogP contribution is -1.96. The first kappa shape index (κ1) is 9.64. The van der Waals surface area contributed by atoms with Gasteiger partial charge in [0.2, 0.25) is 0 Å². The number of alkyl halides is 1. The second kappa shape index (κ2) is 3.34. The summed E-state index contributed by atoms with van der Waals surface area (Å²) in [4.78, 5) is 10.7. The third-order valence-corrected chi connectivity index (χ3v) is 2.30. The highest BCUT2D eigenvalue weighted by Crippen LogP contribution is 2.20. The Morgan fingerprint density at radius 2 is 2.33 bits per heavy atom. The summed E-state index contributed by atoms with van der Waals surface area (Å²) in [6.07, 6.45) is 0. The summed E-state index contributed by atoms with van der Waals surface area (Å²) in [5, 5.41) is 13.4. The molecule has 0 bridgehead atoms. The van der Waals surface area contributed by atoms with E-state index in [1.54, 1.807) is 13.1 Å². The van der Waals surface area contributed by atoms with Gasteiger partial charge < -0.3 is 5.11 Å². The first-order valence-electron chi connectivity index (χ1n) is 4.38. The number of benzene rings is 1. The fourth-order valence-electron chi connectivity index (χ4n) is 1.56. The second-order valence-electron chi connectivity index (χ2n) is 3.24. The van der Waals surface area contributed by atoms with Crippen LogP contribution in [0, 0.1) is 0 Å². The van der Waals surface area contributed by atoms with Crippen LogP contribution in [0.5, 0.6) is 0 Å². The van der Waals surface area contributed by atoms with Gasteiger partial charge in [-0.05, 0) is 18.2 Å². The first-order valence-corrected chi connectivity index (χ1v) is 4.38. The molecule has 0 saturated heterocycles. The van der Waals surface area contributed by atoms with Crippen LogP contribution >= 0.6 is 0 Å². The van der Waals surface area contributed by atoms with Crippen molar-refractivity contribution in [1.29, 1.82) is 0 Å². The van der Waals surface area contributed by atoms with E-state index < -0.39 is 12.6 Å². The molecule has 0 atom stereocenters. The van der Waals surface area contributed by atoms with Crippen molar-refractivity contribution in [2.75, 3.05) is 0 Å². The maximum atomic E-state index is 12.5. The van der Waals surface area contributed by atoms with E-state index in [-0.39, 0.29) is 5.56 Å². The van der Waals surface area contributed by atoms with E-state index in [0.29, 0.717) is 16.6 Å². The van der Waals surface area contributed by atoms with E-state index in [0.717, 1.165) is 0 Å². The van der Waals surface area contributed by atoms with Crippen LogP contribution in [0.15, 0.2) is 18.2 Å². The Balaban J connectivity index is 2.72. The lowest BCUT2D eigenvalue weighted by molar-refractivity contribution is 0.0697. The van der Waals surface area contributed by atoms with Gasteiger partial charge in [-0.25, -0.2) is 9.18 Å². The minimum absolute atomic E-state index is 0.177. The summed E-state index contributed by atoms with van der Waals surface area (Å²) in [6.45, 7) is -0.649. The Kier molecular flexibility index (Phi) is 2.15. The molecule has 15 heavy (non-hydrogen) atoms. The standard InChI is InChI=1S/C10H9FN2O2/c1-13-9-4-6(10(14)15)2-3-7(9)8(5-11)12-13/h2-4H,5H2,1H3,(H,14,15). The Hall–Kier alpha value is -1.91. The average molecular weight is 208 g/mol. The van der Waals surface area contributed by atoms with Crippen molar-refractivity contribution >= 4 is 16.9 Å². The van der Waals surface area contributed by atoms with Gasteiger partial charge in [0, 0.05) is 12.4 Å². The number of hydrogen-bond acceptors (Lipinski definition) is 2. The highest BCUT2D eigenvalue weighted by atomic mass is 19.1. The highest BCUT2D eigenvalue weighted by Gasteiger charge is 2.10. The third kappa shape index (κ3) is 1.45. The molecule has 0 aliphatic carbocycles. The van der Waals surface area contributed by atoms with Gasteiger partial charge in [0.1, 0.15) is 12.4 Å². The van der Waals surface area contributed by atoms with E-state index in [1.165, 1.54) is 16.8 Å². The van der Waals surface area contributed by atoms with Crippen molar-refractivity contribution in [3.8, 4) is 0 Å². The molecule has 0 aliphatic heterocycles. The predicted octanol–water partition coefficient (Wildman–Crippen LogP) is 1.74. The van der Waals surface area contributed by atoms with Crippen molar-refractivity contribution < 1.29 is 14.3 Å². The van der Waals surface area contributed by atoms with Crippen LogP contribution in [0.4, 0.5) is 4.39 Å². The molecule has 1 aromatic heterocycles. The zero-order valence-electron chi connectivity index (χ0n) is 8.07. The Morgan fingerprint density at radius 1 is 1.60 bits per heavy atom. The number of carboxylic acid groups (broad SMARTS) is 1. The molecule has 5 heteroatoms. The minimum atomic E-state index is -1.00. The van der Waals surface area contributed by atoms with Crippen LogP contribution in [-0.2, 0) is 13.7 Å². The summed E-state index contributed by atoms with van der Waals surface area (Å²) in [6, 6.07) is 4.52. The minimum Gasteiger partial charge on any atom is -0.478 e. The second-order valence-corrected chi connectivity index (χ2v) is 3.24. The van der Waals surface area contributed by atoms with E-state index in [9.17, 15) is 9.18 Å². The monoisotopic (exact) mass is 208 g/mol. The molecule has 0 fully saturated rings. The van der Waals surface area contributed by atoms with Gasteiger partial charge in [0.25, 0.3) is 0 Å². The van der Waals surface area contributed by atoms with Crippen LogP contribution in [0.1, 0.15) is 16.1 Å². The number of rotatable bonds is 2. The summed E-state index contributed by atoms with van der Waals surface area (Å²) >= 11 is 0. The number of halogens is 1. The summed E-state index contributed by atoms with van der Waals surface area (Å²) in [5.41, 5.74) is 1.14. The Morgan fingerprint density at radius 3 is 2.93 bits per heavy atom. The van der Waals surface area contributed by atoms with Gasteiger partial charge in [-0.1, -0.05) is 0 Å². The fraction of sp³-hybridized carbons (Fsp3) is 0.200. The molecule has 0 amide bonds. The molecule has 0 unspecified atom stereocenters. The zero-order chi connectivity index (χ0) is 11.0. The largest absolute Gasteiger partial charge is 0.478 e. The maximum absolute atomic E-state index is 12.5. The molecule has 2 rings (SSSR count). The quantitative estimate of drug-likeness (QED) is 0.817. The van der Waals surface area contributed by atoms with Gasteiger partial charge in [-0.2, -0.15) is 5.10 Å². The SMILES string of the molecule is Cn1nc(CF)c2ccc(C(=O)O)cc21. The van der Waals surface area contributed by atoms with Crippen LogP contribution < -0.4 is 0 Å². The normalized spacial score (nSPS) is 10.8. The van der Waals surface area contributed by atoms with Crippen LogP contribution in [-0.4, -0.2) is 20.9 Å². The lowest BCUT2D eigenvalue weighted by atomic mass is 10.1. The first-order chi connectivity index (χ1) is 7.13. The molecule has 1 N–H and O–H groups in total. The van der Waals surface area contributed by atoms with Crippen LogP contribution in [0.2, 0.25) is 0 Å². The molecule has 4 nitrogen and oxygen atoms in total. The molecule has 0 spiro atoms. The smallest absolute Gasteiger partial charge is 0.335 e. The Labute approximate surface area is 84.9 Å². The number of carboxylic acids is 1. The van der Waals surface area contributed by atoms with E-state index in [1.807, 2.05) is 0 Å². The molecule has 2 aromatic rings. The average Bonchev–Trinajstić information content (AvgIpc) is 2.55. The number of nitrogens with zero attached hydrogens (tertiary/aromatic N) is 2. The van der Waals surface area contributed by atoms with Crippen molar-refractivity contribution in [1.82, 2.24) is 9.78 Å². The molecule has 1 aromatic carbocycles. The van der Waals surface area contributed by atoms with E-state index in [2.05, 4.69) is 5.10 Å². The fourth-order valence-corrected chi connectivity index (χ4v) is 1.56. The van der Waals surface area contributed by atoms with Crippen molar-refractivity contribution in [3.05, 3.63) is 29.5 Å². The van der Waals surface area contributed by atoms with Crippen molar-refractivity contribution in [3.63, 3.8) is 0 Å². The van der Waals surface area contributed by atoms with Gasteiger partial charge in [0.05, 0.1) is 11.1 Å². The topological polar surface area (TPSA) is 55.1 Å². The van der Waals surface area contributed by atoms with Crippen LogP contribution in [0.25, 0.3) is 10.9 Å². The molecule has 0 saturated carbocycles. The lowest BCUT2D eigenvalue weighted by Gasteiger charge is -1.96. The summed E-state index contributed by atoms with van der Waals surface area (Å²) in [7, 11) is 1.66. The number of aryl methyl sites for hydroxylation is 1. The zero-order valence-corrected chi connectivity index (χ0v) is 8.07. The number of hydrogen-bond donors (Lipinski definition) is 1. The van der Waals surface area contributed by atoms with Crippen molar-refractivity contribution in [2.24, 2.45) is 7.05 Å². The highest BCUT2D eigenvalue weighted by molar-refractivity contribution is 5.93. The molecule has 0 aliphatic rings. The Bertz CT molecular complexity index is 533. The summed E-state index contributed by atoms with van der Waals surface area (Å²) in [5.74, 6) is -1.00. The van der Waals surface area contributed by atoms with Gasteiger partial charge in [-0.15, -0.1) is 0 Å². The summed E-state index contributed by atoms with van der Waals surface area (Å²) < 4.78 is 14.0. The molecular formula is C10H9FN2O2. The number of fused-ring (bicyclic) bond motifs is 1. The molecule has 78 valence electrons. The molecule has 0 radical (unpaired) electrons. The van der Waals surface area contributed by atoms with E-state index >= 15 is 0 Å². The third-order valence-electron chi connectivity index (χ3n) is 2.30. The van der Waals surface area contributed by atoms with E-state index in [4.69, 9.17) is 5.11 Å². The van der Waals surface area contributed by atoms with Gasteiger partial charge in [0.15, 0.2) is 0 Å². The number of aromatic carboxylic acids is 1. The molecular weight excluding hydrogens is 199 g/mol. The van der Waals surface area contributed by atoms with Crippen molar-refractivity contribution in [2.45, 2.75) is 6.67 Å². The predicted molar refractivity (Wildman–Crippen MR) is 52.5 cm³/mol. The maximum Gasteiger partial charge on any atom is 0.335 e. The number of carbonyl (C=O) groups is 1. The van der Waals surface area contributed by atoms with Gasteiger partial charge in [-0.3, -0.25) is 4.68 Å². The van der Waals surface area contributed by atoms with Crippen LogP contribution in [0.3, 0.4) is 0 Å².